The maximum Gasteiger partial charge on any atom is 0.195 e. The third-order valence-corrected chi connectivity index (χ3v) is 3.24. The van der Waals surface area contributed by atoms with E-state index in [0.29, 0.717) is 5.56 Å². The smallest absolute Gasteiger partial charge is 0.195 e. The molecule has 4 nitrogen and oxygen atoms in total. The molecule has 0 spiro atoms. The van der Waals surface area contributed by atoms with Crippen LogP contribution in [0, 0.1) is 18.3 Å². The minimum Gasteiger partial charge on any atom is -0.311 e. The first-order valence-electron chi connectivity index (χ1n) is 4.73. The fraction of sp³-hybridized carbons (Fsp3) is 0.182. The Morgan fingerprint density at radius 3 is 2.88 bits per heavy atom. The fourth-order valence-corrected chi connectivity index (χ4v) is 2.21. The molecule has 0 aliphatic heterocycles. The van der Waals surface area contributed by atoms with Gasteiger partial charge in [-0.25, -0.2) is 0 Å². The van der Waals surface area contributed by atoms with E-state index < -0.39 is 0 Å². The van der Waals surface area contributed by atoms with Crippen LogP contribution in [0.2, 0.25) is 0 Å². The molecule has 2 rings (SSSR count). The van der Waals surface area contributed by atoms with Gasteiger partial charge in [0.15, 0.2) is 5.16 Å². The summed E-state index contributed by atoms with van der Waals surface area (Å²) in [6.45, 7) is 2.00. The van der Waals surface area contributed by atoms with Gasteiger partial charge in [0.25, 0.3) is 0 Å². The minimum absolute atomic E-state index is 0.665. The van der Waals surface area contributed by atoms with E-state index in [0.717, 1.165) is 15.6 Å². The van der Waals surface area contributed by atoms with Gasteiger partial charge >= 0.3 is 0 Å². The summed E-state index contributed by atoms with van der Waals surface area (Å²) < 4.78 is 1.83. The second kappa shape index (κ2) is 4.37. The molecule has 5 heteroatoms. The maximum atomic E-state index is 9.00. The second-order valence-corrected chi connectivity index (χ2v) is 4.45. The Hall–Kier alpha value is -1.80. The van der Waals surface area contributed by atoms with E-state index in [1.807, 2.05) is 36.7 Å². The van der Waals surface area contributed by atoms with Gasteiger partial charge in [-0.1, -0.05) is 6.07 Å². The van der Waals surface area contributed by atoms with Crippen LogP contribution in [0.15, 0.2) is 34.6 Å². The number of nitrogens with zero attached hydrogens (tertiary/aromatic N) is 4. The third-order valence-electron chi connectivity index (χ3n) is 2.13. The summed E-state index contributed by atoms with van der Waals surface area (Å²) in [4.78, 5) is 0.915. The lowest BCUT2D eigenvalue weighted by atomic mass is 10.2. The third kappa shape index (κ3) is 2.07. The first kappa shape index (κ1) is 10.7. The van der Waals surface area contributed by atoms with E-state index in [9.17, 15) is 0 Å². The lowest BCUT2D eigenvalue weighted by Crippen LogP contribution is -1.90. The van der Waals surface area contributed by atoms with Gasteiger partial charge in [-0.3, -0.25) is 0 Å². The van der Waals surface area contributed by atoms with Gasteiger partial charge in [-0.15, -0.1) is 10.2 Å². The number of benzene rings is 1. The molecule has 0 radical (unpaired) electrons. The molecule has 1 heterocycles. The summed E-state index contributed by atoms with van der Waals surface area (Å²) in [5.41, 5.74) is 1.79. The normalized spacial score (nSPS) is 10.1. The van der Waals surface area contributed by atoms with Crippen LogP contribution in [-0.4, -0.2) is 14.8 Å². The molecule has 0 amide bonds. The number of aromatic nitrogens is 3. The van der Waals surface area contributed by atoms with Crippen LogP contribution in [0.25, 0.3) is 0 Å². The highest BCUT2D eigenvalue weighted by atomic mass is 32.2. The van der Waals surface area contributed by atoms with Crippen molar-refractivity contribution in [3.8, 4) is 6.07 Å². The van der Waals surface area contributed by atoms with Crippen LogP contribution in [0.4, 0.5) is 0 Å². The highest BCUT2D eigenvalue weighted by Gasteiger charge is 2.08. The highest BCUT2D eigenvalue weighted by molar-refractivity contribution is 7.99. The molecular weight excluding hydrogens is 220 g/mol. The number of hydrogen-bond acceptors (Lipinski definition) is 4. The molecule has 0 aliphatic carbocycles. The van der Waals surface area contributed by atoms with Crippen molar-refractivity contribution in [3.63, 3.8) is 0 Å². The van der Waals surface area contributed by atoms with Gasteiger partial charge in [0.2, 0.25) is 0 Å². The summed E-state index contributed by atoms with van der Waals surface area (Å²) in [6.07, 6.45) is 1.64. The van der Waals surface area contributed by atoms with Gasteiger partial charge < -0.3 is 4.57 Å². The summed E-state index contributed by atoms with van der Waals surface area (Å²) in [5.74, 6) is 0. The SMILES string of the molecule is Cc1ccc(C#N)c(Sc2nncn2C)c1. The van der Waals surface area contributed by atoms with E-state index in [4.69, 9.17) is 5.26 Å². The van der Waals surface area contributed by atoms with Crippen LogP contribution >= 0.6 is 11.8 Å². The number of rotatable bonds is 2. The molecule has 1 aromatic carbocycles. The molecular formula is C11H10N4S. The summed E-state index contributed by atoms with van der Waals surface area (Å²) in [5, 5.41) is 17.6. The molecule has 0 fully saturated rings. The molecule has 80 valence electrons. The van der Waals surface area contributed by atoms with Crippen molar-refractivity contribution in [2.24, 2.45) is 7.05 Å². The zero-order valence-electron chi connectivity index (χ0n) is 9.01. The van der Waals surface area contributed by atoms with E-state index in [1.165, 1.54) is 11.8 Å². The lowest BCUT2D eigenvalue weighted by molar-refractivity contribution is 0.788. The molecule has 1 aromatic heterocycles. The molecule has 0 unspecified atom stereocenters. The predicted octanol–water partition coefficient (Wildman–Crippen LogP) is 2.15. The van der Waals surface area contributed by atoms with Gasteiger partial charge in [0.05, 0.1) is 5.56 Å². The van der Waals surface area contributed by atoms with Crippen LogP contribution in [-0.2, 0) is 7.05 Å². The molecule has 0 N–H and O–H groups in total. The molecule has 0 bridgehead atoms. The highest BCUT2D eigenvalue weighted by Crippen LogP contribution is 2.28. The summed E-state index contributed by atoms with van der Waals surface area (Å²) in [6, 6.07) is 7.92. The molecule has 0 atom stereocenters. The van der Waals surface area contributed by atoms with Gasteiger partial charge in [-0.2, -0.15) is 5.26 Å². The molecule has 16 heavy (non-hydrogen) atoms. The largest absolute Gasteiger partial charge is 0.311 e. The Morgan fingerprint density at radius 2 is 2.25 bits per heavy atom. The number of aryl methyl sites for hydroxylation is 2. The quantitative estimate of drug-likeness (QED) is 0.793. The fourth-order valence-electron chi connectivity index (χ4n) is 1.27. The Labute approximate surface area is 97.9 Å². The average Bonchev–Trinajstić information content (AvgIpc) is 2.65. The van der Waals surface area contributed by atoms with E-state index in [1.54, 1.807) is 6.33 Å². The first-order valence-corrected chi connectivity index (χ1v) is 5.55. The molecule has 2 aromatic rings. The Morgan fingerprint density at radius 1 is 1.44 bits per heavy atom. The van der Waals surface area contributed by atoms with Crippen molar-refractivity contribution in [1.29, 1.82) is 5.26 Å². The van der Waals surface area contributed by atoms with Crippen molar-refractivity contribution in [2.45, 2.75) is 17.0 Å². The van der Waals surface area contributed by atoms with Crippen molar-refractivity contribution in [1.82, 2.24) is 14.8 Å². The summed E-state index contributed by atoms with van der Waals surface area (Å²) >= 11 is 1.45. The second-order valence-electron chi connectivity index (χ2n) is 3.44. The lowest BCUT2D eigenvalue weighted by Gasteiger charge is -2.03. The van der Waals surface area contributed by atoms with Gasteiger partial charge in [0.1, 0.15) is 12.4 Å². The van der Waals surface area contributed by atoms with Crippen molar-refractivity contribution in [2.75, 3.05) is 0 Å². The Kier molecular flexibility index (Phi) is 2.93. The van der Waals surface area contributed by atoms with Crippen LogP contribution in [0.1, 0.15) is 11.1 Å². The predicted molar refractivity (Wildman–Crippen MR) is 61.0 cm³/mol. The zero-order valence-corrected chi connectivity index (χ0v) is 9.82. The van der Waals surface area contributed by atoms with Crippen LogP contribution < -0.4 is 0 Å². The molecule has 0 saturated heterocycles. The first-order chi connectivity index (χ1) is 7.70. The van der Waals surface area contributed by atoms with E-state index in [-0.39, 0.29) is 0 Å². The van der Waals surface area contributed by atoms with Crippen molar-refractivity contribution < 1.29 is 0 Å². The molecule has 0 saturated carbocycles. The average molecular weight is 230 g/mol. The van der Waals surface area contributed by atoms with Crippen molar-refractivity contribution in [3.05, 3.63) is 35.7 Å². The Balaban J connectivity index is 2.38. The van der Waals surface area contributed by atoms with Gasteiger partial charge in [0, 0.05) is 11.9 Å². The van der Waals surface area contributed by atoms with Gasteiger partial charge in [-0.05, 0) is 36.4 Å². The van der Waals surface area contributed by atoms with Crippen LogP contribution in [0.3, 0.4) is 0 Å². The van der Waals surface area contributed by atoms with Crippen molar-refractivity contribution >= 4 is 11.8 Å². The topological polar surface area (TPSA) is 54.5 Å². The number of hydrogen-bond donors (Lipinski definition) is 0. The van der Waals surface area contributed by atoms with Crippen LogP contribution in [0.5, 0.6) is 0 Å². The molecule has 0 aliphatic rings. The minimum atomic E-state index is 0.665. The zero-order chi connectivity index (χ0) is 11.5. The van der Waals surface area contributed by atoms with E-state index >= 15 is 0 Å². The maximum absolute atomic E-state index is 9.00. The summed E-state index contributed by atoms with van der Waals surface area (Å²) in [7, 11) is 1.88. The van der Waals surface area contributed by atoms with E-state index in [2.05, 4.69) is 16.3 Å². The standard InChI is InChI=1S/C11H10N4S/c1-8-3-4-9(6-12)10(5-8)16-11-14-13-7-15(11)2/h3-5,7H,1-2H3. The monoisotopic (exact) mass is 230 g/mol. The Bertz CT molecular complexity index is 553. The number of nitriles is 1.